The largest absolute Gasteiger partial charge is 0.454 e. The van der Waals surface area contributed by atoms with Crippen LogP contribution in [0.15, 0.2) is 75.3 Å². The Morgan fingerprint density at radius 3 is 2.27 bits per heavy atom. The number of H-pyrrole nitrogens is 1. The number of fused-ring (bicyclic) bond motifs is 1. The smallest absolute Gasteiger partial charge is 0.395 e. The summed E-state index contributed by atoms with van der Waals surface area (Å²) in [5, 5.41) is 12.4. The summed E-state index contributed by atoms with van der Waals surface area (Å²) in [6.45, 7) is 2.69. The van der Waals surface area contributed by atoms with Gasteiger partial charge < -0.3 is 4.74 Å². The van der Waals surface area contributed by atoms with E-state index in [1.54, 1.807) is 25.1 Å². The number of aryl methyl sites for hydroxylation is 1. The monoisotopic (exact) mass is 663 g/mol. The first kappa shape index (κ1) is 30.9. The van der Waals surface area contributed by atoms with Crippen molar-refractivity contribution in [1.82, 2.24) is 18.7 Å². The molecule has 2 aromatic heterocycles. The van der Waals surface area contributed by atoms with E-state index >= 15 is 0 Å². The maximum Gasteiger partial charge on any atom is 0.395 e. The van der Waals surface area contributed by atoms with Gasteiger partial charge >= 0.3 is 11.9 Å². The topological polar surface area (TPSA) is 140 Å². The average Bonchev–Trinajstić information content (AvgIpc) is 3.34. The van der Waals surface area contributed by atoms with Crippen molar-refractivity contribution in [2.45, 2.75) is 30.8 Å². The molecule has 5 aromatic rings. The summed E-state index contributed by atoms with van der Waals surface area (Å²) in [7, 11) is -4.28. The second-order valence-corrected chi connectivity index (χ2v) is 12.2. The summed E-state index contributed by atoms with van der Waals surface area (Å²) in [5.74, 6) is -2.21. The number of nitrogens with one attached hydrogen (secondary N) is 1. The fourth-order valence-electron chi connectivity index (χ4n) is 4.34. The van der Waals surface area contributed by atoms with Crippen LogP contribution in [-0.2, 0) is 10.0 Å². The van der Waals surface area contributed by atoms with Gasteiger partial charge in [0.1, 0.15) is 11.8 Å². The molecule has 44 heavy (non-hydrogen) atoms. The number of hydrogen-bond acceptors (Lipinski definition) is 7. The zero-order valence-electron chi connectivity index (χ0n) is 22.5. The van der Waals surface area contributed by atoms with Crippen molar-refractivity contribution in [3.8, 4) is 23.3 Å². The molecule has 0 aliphatic rings. The summed E-state index contributed by atoms with van der Waals surface area (Å²) in [5.41, 5.74) is -2.11. The van der Waals surface area contributed by atoms with Crippen LogP contribution in [0, 0.1) is 18.3 Å². The number of rotatable bonds is 6. The van der Waals surface area contributed by atoms with Crippen LogP contribution in [-0.4, -0.2) is 33.3 Å². The second-order valence-electron chi connectivity index (χ2n) is 9.61. The van der Waals surface area contributed by atoms with E-state index in [0.29, 0.717) is 4.68 Å². The number of nitrogens with zero attached hydrogens (tertiary/aromatic N) is 4. The fraction of sp³-hybridized carbons (Fsp3) is 0.143. The van der Waals surface area contributed by atoms with E-state index in [-0.39, 0.29) is 48.6 Å². The van der Waals surface area contributed by atoms with Gasteiger partial charge in [-0.05, 0) is 61.9 Å². The molecular weight excluding hydrogens is 646 g/mol. The number of aromatic amines is 1. The zero-order chi connectivity index (χ0) is 32.1. The van der Waals surface area contributed by atoms with Crippen molar-refractivity contribution in [2.24, 2.45) is 0 Å². The van der Waals surface area contributed by atoms with Crippen LogP contribution in [0.25, 0.3) is 16.6 Å². The molecule has 1 N–H and O–H groups in total. The Morgan fingerprint density at radius 1 is 1.05 bits per heavy atom. The predicted octanol–water partition coefficient (Wildman–Crippen LogP) is 6.06. The molecule has 3 aromatic carbocycles. The molecule has 0 fully saturated rings. The standard InChI is InChI=1S/C28H18Cl2F3N5O5S/c1-14-3-6-18(7-4-14)44(41,42)37-13-20(15(2)28(31,32)33)19-11-17(5-8-24(19)37)43-25-21(29)9-16(10-22(25)30)38-27(40)35-26(39)23(12-34)36-38/h3-11,13,15H,1-2H3,(H,35,39,40). The Kier molecular flexibility index (Phi) is 7.83. The molecule has 2 heterocycles. The summed E-state index contributed by atoms with van der Waals surface area (Å²) in [6.07, 6.45) is -3.74. The van der Waals surface area contributed by atoms with E-state index in [2.05, 4.69) is 5.10 Å². The number of aromatic nitrogens is 4. The minimum atomic E-state index is -4.69. The molecule has 0 bridgehead atoms. The Balaban J connectivity index is 1.61. The van der Waals surface area contributed by atoms with Gasteiger partial charge in [-0.25, -0.2) is 17.2 Å². The molecule has 0 radical (unpaired) electrons. The fourth-order valence-corrected chi connectivity index (χ4v) is 6.27. The summed E-state index contributed by atoms with van der Waals surface area (Å²) >= 11 is 12.7. The minimum Gasteiger partial charge on any atom is -0.454 e. The first-order chi connectivity index (χ1) is 20.6. The van der Waals surface area contributed by atoms with E-state index in [4.69, 9.17) is 33.2 Å². The van der Waals surface area contributed by atoms with Crippen molar-refractivity contribution in [2.75, 3.05) is 0 Å². The van der Waals surface area contributed by atoms with E-state index < -0.39 is 39.1 Å². The Hall–Kier alpha value is -4.58. The lowest BCUT2D eigenvalue weighted by Crippen LogP contribution is -2.33. The van der Waals surface area contributed by atoms with Gasteiger partial charge in [0.05, 0.1) is 32.1 Å². The predicted molar refractivity (Wildman–Crippen MR) is 155 cm³/mol. The van der Waals surface area contributed by atoms with Crippen LogP contribution in [0.2, 0.25) is 10.0 Å². The quantitative estimate of drug-likeness (QED) is 0.233. The molecule has 0 spiro atoms. The molecule has 0 aliphatic carbocycles. The maximum atomic E-state index is 13.9. The SMILES string of the molecule is Cc1ccc(S(=O)(=O)n2cc(C(C)C(F)(F)F)c3cc(Oc4c(Cl)cc(-n5nc(C#N)c(=O)[nH]c5=O)cc4Cl)ccc32)cc1. The minimum absolute atomic E-state index is 0.0200. The van der Waals surface area contributed by atoms with E-state index in [9.17, 15) is 31.2 Å². The van der Waals surface area contributed by atoms with Crippen molar-refractivity contribution in [3.63, 3.8) is 0 Å². The molecule has 1 unspecified atom stereocenters. The Labute approximate surface area is 256 Å². The van der Waals surface area contributed by atoms with Crippen LogP contribution in [0.5, 0.6) is 11.5 Å². The molecule has 10 nitrogen and oxygen atoms in total. The van der Waals surface area contributed by atoms with Crippen molar-refractivity contribution >= 4 is 44.1 Å². The first-order valence-electron chi connectivity index (χ1n) is 12.5. The molecule has 1 atom stereocenters. The zero-order valence-corrected chi connectivity index (χ0v) is 24.8. The third kappa shape index (κ3) is 5.57. The Bertz CT molecular complexity index is 2200. The molecule has 226 valence electrons. The summed E-state index contributed by atoms with van der Waals surface area (Å²) < 4.78 is 75.9. The van der Waals surface area contributed by atoms with Crippen LogP contribution in [0.4, 0.5) is 13.2 Å². The van der Waals surface area contributed by atoms with Gasteiger partial charge in [-0.3, -0.25) is 9.78 Å². The average molecular weight is 664 g/mol. The number of hydrogen-bond donors (Lipinski definition) is 1. The number of ether oxygens (including phenoxy) is 1. The third-order valence-corrected chi connectivity index (χ3v) is 8.94. The Morgan fingerprint density at radius 2 is 1.68 bits per heavy atom. The van der Waals surface area contributed by atoms with E-state index in [1.807, 2.05) is 4.98 Å². The van der Waals surface area contributed by atoms with Crippen LogP contribution in [0.1, 0.15) is 29.7 Å². The van der Waals surface area contributed by atoms with E-state index in [0.717, 1.165) is 22.7 Å². The molecule has 16 heteroatoms. The van der Waals surface area contributed by atoms with Crippen molar-refractivity contribution in [3.05, 3.63) is 108 Å². The molecule has 0 saturated heterocycles. The molecule has 0 saturated carbocycles. The lowest BCUT2D eigenvalue weighted by molar-refractivity contribution is -0.146. The normalized spacial score (nSPS) is 12.7. The van der Waals surface area contributed by atoms with Gasteiger partial charge in [0.25, 0.3) is 15.6 Å². The number of halogens is 5. The highest BCUT2D eigenvalue weighted by Gasteiger charge is 2.39. The highest BCUT2D eigenvalue weighted by Crippen LogP contribution is 2.43. The molecule has 0 aliphatic heterocycles. The molecule has 5 rings (SSSR count). The van der Waals surface area contributed by atoms with Crippen molar-refractivity contribution in [1.29, 1.82) is 5.26 Å². The van der Waals surface area contributed by atoms with Crippen LogP contribution < -0.4 is 16.0 Å². The summed E-state index contributed by atoms with van der Waals surface area (Å²) in [4.78, 5) is 25.8. The van der Waals surface area contributed by atoms with Gasteiger partial charge in [-0.1, -0.05) is 40.9 Å². The molecular formula is C28H18Cl2F3N5O5S. The van der Waals surface area contributed by atoms with Crippen LogP contribution in [0.3, 0.4) is 0 Å². The van der Waals surface area contributed by atoms with Crippen molar-refractivity contribution < 1.29 is 26.3 Å². The second kappa shape index (κ2) is 11.2. The van der Waals surface area contributed by atoms with Gasteiger partial charge in [0.15, 0.2) is 5.75 Å². The van der Waals surface area contributed by atoms with E-state index in [1.165, 1.54) is 42.5 Å². The number of alkyl halides is 3. The maximum absolute atomic E-state index is 13.9. The highest BCUT2D eigenvalue weighted by molar-refractivity contribution is 7.90. The third-order valence-electron chi connectivity index (χ3n) is 6.69. The highest BCUT2D eigenvalue weighted by atomic mass is 35.5. The van der Waals surface area contributed by atoms with Gasteiger partial charge in [0.2, 0.25) is 5.69 Å². The number of nitriles is 1. The molecule has 0 amide bonds. The van der Waals surface area contributed by atoms with Gasteiger partial charge in [0, 0.05) is 11.6 Å². The van der Waals surface area contributed by atoms with Crippen LogP contribution >= 0.6 is 23.2 Å². The summed E-state index contributed by atoms with van der Waals surface area (Å²) in [6, 6.07) is 13.7. The number of benzene rings is 3. The van der Waals surface area contributed by atoms with Gasteiger partial charge in [-0.2, -0.15) is 23.1 Å². The lowest BCUT2D eigenvalue weighted by Gasteiger charge is -2.15. The van der Waals surface area contributed by atoms with Gasteiger partial charge in [-0.15, -0.1) is 5.10 Å². The lowest BCUT2D eigenvalue weighted by atomic mass is 10.00. The first-order valence-corrected chi connectivity index (χ1v) is 14.7.